The predicted molar refractivity (Wildman–Crippen MR) is 121 cm³/mol. The van der Waals surface area contributed by atoms with Crippen LogP contribution in [0, 0.1) is 0 Å². The Hall–Kier alpha value is -3.02. The number of halogens is 1. The molecule has 5 nitrogen and oxygen atoms in total. The second kappa shape index (κ2) is 10.1. The zero-order chi connectivity index (χ0) is 21.5. The fraction of sp³-hybridized carbons (Fsp3) is 0.208. The first-order valence-electron chi connectivity index (χ1n) is 9.55. The molecule has 0 aromatic heterocycles. The number of likely N-dealkylation sites (N-methyl/N-ethyl adjacent to an activating group) is 1. The van der Waals surface area contributed by atoms with E-state index in [0.29, 0.717) is 28.8 Å². The van der Waals surface area contributed by atoms with Crippen LogP contribution in [0.1, 0.15) is 5.56 Å². The molecule has 0 atom stereocenters. The Morgan fingerprint density at radius 3 is 2.33 bits per heavy atom. The van der Waals surface area contributed by atoms with E-state index in [1.165, 1.54) is 14.2 Å². The summed E-state index contributed by atoms with van der Waals surface area (Å²) in [4.78, 5) is 14.6. The van der Waals surface area contributed by atoms with Crippen molar-refractivity contribution in [1.82, 2.24) is 4.90 Å². The van der Waals surface area contributed by atoms with E-state index >= 15 is 0 Å². The standard InChI is InChI=1S/C24H25ClN2O3/c1-27(15-18-11-7-8-12-19(18)17-9-5-4-6-10-17)16-24(28)26-21-13-20(25)22(29-2)14-23(21)30-3/h4-14H,15-16H2,1-3H3,(H,26,28). The number of carbonyl (C=O) groups is 1. The highest BCUT2D eigenvalue weighted by atomic mass is 35.5. The van der Waals surface area contributed by atoms with Crippen LogP contribution in [-0.4, -0.2) is 38.6 Å². The van der Waals surface area contributed by atoms with Crippen molar-refractivity contribution in [3.05, 3.63) is 77.3 Å². The van der Waals surface area contributed by atoms with Gasteiger partial charge in [0, 0.05) is 12.6 Å². The fourth-order valence-corrected chi connectivity index (χ4v) is 3.54. The van der Waals surface area contributed by atoms with Crippen LogP contribution < -0.4 is 14.8 Å². The molecule has 156 valence electrons. The van der Waals surface area contributed by atoms with E-state index < -0.39 is 0 Å². The molecule has 0 aliphatic rings. The van der Waals surface area contributed by atoms with Crippen molar-refractivity contribution in [2.24, 2.45) is 0 Å². The average Bonchev–Trinajstić information content (AvgIpc) is 2.75. The van der Waals surface area contributed by atoms with Gasteiger partial charge < -0.3 is 14.8 Å². The van der Waals surface area contributed by atoms with Crippen molar-refractivity contribution < 1.29 is 14.3 Å². The summed E-state index contributed by atoms with van der Waals surface area (Å²) in [7, 11) is 4.98. The van der Waals surface area contributed by atoms with E-state index in [4.69, 9.17) is 21.1 Å². The second-order valence-electron chi connectivity index (χ2n) is 6.93. The lowest BCUT2D eigenvalue weighted by molar-refractivity contribution is -0.117. The number of ether oxygens (including phenoxy) is 2. The molecule has 0 radical (unpaired) electrons. The maximum absolute atomic E-state index is 12.6. The quantitative estimate of drug-likeness (QED) is 0.547. The van der Waals surface area contributed by atoms with E-state index in [9.17, 15) is 4.79 Å². The summed E-state index contributed by atoms with van der Waals surface area (Å²) in [6, 6.07) is 21.7. The number of nitrogens with zero attached hydrogens (tertiary/aromatic N) is 1. The van der Waals surface area contributed by atoms with Gasteiger partial charge in [0.1, 0.15) is 11.5 Å². The number of benzene rings is 3. The highest BCUT2D eigenvalue weighted by Gasteiger charge is 2.15. The van der Waals surface area contributed by atoms with Gasteiger partial charge in [-0.3, -0.25) is 9.69 Å². The normalized spacial score (nSPS) is 10.7. The highest BCUT2D eigenvalue weighted by molar-refractivity contribution is 6.32. The lowest BCUT2D eigenvalue weighted by Crippen LogP contribution is -2.30. The van der Waals surface area contributed by atoms with Crippen LogP contribution in [0.2, 0.25) is 5.02 Å². The van der Waals surface area contributed by atoms with Crippen LogP contribution in [0.25, 0.3) is 11.1 Å². The Kier molecular flexibility index (Phi) is 7.33. The third-order valence-electron chi connectivity index (χ3n) is 4.70. The molecule has 0 aliphatic carbocycles. The molecule has 0 aliphatic heterocycles. The summed E-state index contributed by atoms with van der Waals surface area (Å²) in [6.07, 6.45) is 0. The zero-order valence-electron chi connectivity index (χ0n) is 17.3. The molecule has 0 saturated heterocycles. The van der Waals surface area contributed by atoms with Gasteiger partial charge in [-0.1, -0.05) is 66.2 Å². The Bertz CT molecular complexity index is 1010. The third kappa shape index (κ3) is 5.32. The van der Waals surface area contributed by atoms with Gasteiger partial charge in [-0.15, -0.1) is 0 Å². The smallest absolute Gasteiger partial charge is 0.238 e. The molecule has 0 bridgehead atoms. The summed E-state index contributed by atoms with van der Waals surface area (Å²) in [5.41, 5.74) is 3.98. The topological polar surface area (TPSA) is 50.8 Å². The van der Waals surface area contributed by atoms with Crippen LogP contribution in [-0.2, 0) is 11.3 Å². The van der Waals surface area contributed by atoms with E-state index in [1.54, 1.807) is 12.1 Å². The van der Waals surface area contributed by atoms with E-state index in [0.717, 1.165) is 16.7 Å². The van der Waals surface area contributed by atoms with Gasteiger partial charge in [-0.05, 0) is 29.8 Å². The van der Waals surface area contributed by atoms with Gasteiger partial charge in [0.05, 0.1) is 31.5 Å². The van der Waals surface area contributed by atoms with E-state index in [2.05, 4.69) is 29.6 Å². The Morgan fingerprint density at radius 2 is 1.63 bits per heavy atom. The van der Waals surface area contributed by atoms with Crippen LogP contribution in [0.4, 0.5) is 5.69 Å². The van der Waals surface area contributed by atoms with Gasteiger partial charge in [0.25, 0.3) is 0 Å². The first kappa shape index (κ1) is 21.7. The molecule has 0 spiro atoms. The minimum Gasteiger partial charge on any atom is -0.495 e. The zero-order valence-corrected chi connectivity index (χ0v) is 18.1. The molecule has 1 N–H and O–H groups in total. The van der Waals surface area contributed by atoms with Crippen molar-refractivity contribution in [2.75, 3.05) is 33.1 Å². The maximum atomic E-state index is 12.6. The molecular weight excluding hydrogens is 400 g/mol. The number of amides is 1. The Morgan fingerprint density at radius 1 is 0.967 bits per heavy atom. The molecule has 30 heavy (non-hydrogen) atoms. The SMILES string of the molecule is COc1cc(OC)c(NC(=O)CN(C)Cc2ccccc2-c2ccccc2)cc1Cl. The van der Waals surface area contributed by atoms with Gasteiger partial charge in [0.2, 0.25) is 5.91 Å². The van der Waals surface area contributed by atoms with Crippen molar-refractivity contribution in [3.63, 3.8) is 0 Å². The molecule has 0 fully saturated rings. The van der Waals surface area contributed by atoms with E-state index in [-0.39, 0.29) is 12.5 Å². The van der Waals surface area contributed by atoms with Crippen LogP contribution in [0.5, 0.6) is 11.5 Å². The minimum absolute atomic E-state index is 0.158. The van der Waals surface area contributed by atoms with Crippen LogP contribution >= 0.6 is 11.6 Å². The molecule has 3 aromatic carbocycles. The number of anilines is 1. The number of nitrogens with one attached hydrogen (secondary N) is 1. The van der Waals surface area contributed by atoms with Gasteiger partial charge in [-0.25, -0.2) is 0 Å². The lowest BCUT2D eigenvalue weighted by atomic mass is 9.99. The van der Waals surface area contributed by atoms with Crippen molar-refractivity contribution >= 4 is 23.2 Å². The number of carbonyl (C=O) groups excluding carboxylic acids is 1. The predicted octanol–water partition coefficient (Wildman–Crippen LogP) is 5.09. The summed E-state index contributed by atoms with van der Waals surface area (Å²) < 4.78 is 10.5. The largest absolute Gasteiger partial charge is 0.495 e. The number of rotatable bonds is 8. The number of hydrogen-bond donors (Lipinski definition) is 1. The molecule has 3 rings (SSSR count). The number of hydrogen-bond acceptors (Lipinski definition) is 4. The molecular formula is C24H25ClN2O3. The second-order valence-corrected chi connectivity index (χ2v) is 7.34. The minimum atomic E-state index is -0.158. The summed E-state index contributed by atoms with van der Waals surface area (Å²) >= 11 is 6.19. The molecule has 0 heterocycles. The highest BCUT2D eigenvalue weighted by Crippen LogP contribution is 2.35. The van der Waals surface area contributed by atoms with Gasteiger partial charge in [-0.2, -0.15) is 0 Å². The molecule has 0 unspecified atom stereocenters. The molecule has 3 aromatic rings. The van der Waals surface area contributed by atoms with Gasteiger partial charge in [0.15, 0.2) is 0 Å². The fourth-order valence-electron chi connectivity index (χ4n) is 3.30. The molecule has 6 heteroatoms. The Balaban J connectivity index is 1.69. The summed E-state index contributed by atoms with van der Waals surface area (Å²) in [5.74, 6) is 0.817. The first-order chi connectivity index (χ1) is 14.5. The summed E-state index contributed by atoms with van der Waals surface area (Å²) in [6.45, 7) is 0.856. The molecule has 1 amide bonds. The lowest BCUT2D eigenvalue weighted by Gasteiger charge is -2.19. The third-order valence-corrected chi connectivity index (χ3v) is 5.00. The van der Waals surface area contributed by atoms with Crippen LogP contribution in [0.3, 0.4) is 0 Å². The van der Waals surface area contributed by atoms with Crippen molar-refractivity contribution in [3.8, 4) is 22.6 Å². The molecule has 0 saturated carbocycles. The monoisotopic (exact) mass is 424 g/mol. The number of methoxy groups -OCH3 is 2. The first-order valence-corrected chi connectivity index (χ1v) is 9.93. The van der Waals surface area contributed by atoms with E-state index in [1.807, 2.05) is 42.3 Å². The van der Waals surface area contributed by atoms with Crippen molar-refractivity contribution in [1.29, 1.82) is 0 Å². The van der Waals surface area contributed by atoms with Crippen molar-refractivity contribution in [2.45, 2.75) is 6.54 Å². The maximum Gasteiger partial charge on any atom is 0.238 e. The average molecular weight is 425 g/mol. The van der Waals surface area contributed by atoms with Crippen LogP contribution in [0.15, 0.2) is 66.7 Å². The summed E-state index contributed by atoms with van der Waals surface area (Å²) in [5, 5.41) is 3.27. The van der Waals surface area contributed by atoms with Gasteiger partial charge >= 0.3 is 0 Å². The Labute approximate surface area is 182 Å².